The molecule has 2 heterocycles. The number of rotatable bonds is 12. The van der Waals surface area contributed by atoms with Gasteiger partial charge in [0.2, 0.25) is 0 Å². The highest BCUT2D eigenvalue weighted by Gasteiger charge is 2.28. The van der Waals surface area contributed by atoms with Gasteiger partial charge in [-0.25, -0.2) is 0 Å². The summed E-state index contributed by atoms with van der Waals surface area (Å²) in [5.41, 5.74) is 4.30. The number of ether oxygens (including phenoxy) is 1. The summed E-state index contributed by atoms with van der Waals surface area (Å²) < 4.78 is 5.13. The van der Waals surface area contributed by atoms with Crippen molar-refractivity contribution in [2.24, 2.45) is 5.92 Å². The van der Waals surface area contributed by atoms with Crippen LogP contribution in [-0.4, -0.2) is 61.0 Å². The van der Waals surface area contributed by atoms with Gasteiger partial charge in [-0.05, 0) is 62.3 Å². The fourth-order valence-electron chi connectivity index (χ4n) is 5.64. The molecule has 4 rings (SSSR count). The summed E-state index contributed by atoms with van der Waals surface area (Å²) in [5.74, 6) is 0.989. The van der Waals surface area contributed by atoms with E-state index in [4.69, 9.17) is 4.74 Å². The van der Waals surface area contributed by atoms with Crippen LogP contribution in [0.1, 0.15) is 70.6 Å². The second-order valence-corrected chi connectivity index (χ2v) is 10.7. The van der Waals surface area contributed by atoms with Crippen molar-refractivity contribution in [3.05, 3.63) is 29.8 Å². The van der Waals surface area contributed by atoms with E-state index in [0.29, 0.717) is 0 Å². The maximum Gasteiger partial charge on any atom is 0.147 e. The smallest absolute Gasteiger partial charge is 0.147 e. The van der Waals surface area contributed by atoms with Crippen molar-refractivity contribution in [3.63, 3.8) is 0 Å². The first-order chi connectivity index (χ1) is 16.3. The maximum atomic E-state index is 5.13. The number of methoxy groups -OCH3 is 1. The number of unbranched alkanes of at least 4 members (excludes halogenated alkanes) is 5. The van der Waals surface area contributed by atoms with Gasteiger partial charge in [-0.2, -0.15) is 0 Å². The van der Waals surface area contributed by atoms with E-state index in [-0.39, 0.29) is 0 Å². The highest BCUT2D eigenvalue weighted by atomic mass is 32.1. The lowest BCUT2D eigenvalue weighted by Gasteiger charge is -2.42. The van der Waals surface area contributed by atoms with Gasteiger partial charge in [0.1, 0.15) is 10.5 Å². The minimum Gasteiger partial charge on any atom is -0.385 e. The molecular formula is C27H42N4OS. The number of benzene rings is 1. The molecule has 6 heteroatoms. The van der Waals surface area contributed by atoms with Crippen LogP contribution in [0.15, 0.2) is 29.8 Å². The summed E-state index contributed by atoms with van der Waals surface area (Å²) in [6.07, 6.45) is 15.4. The van der Waals surface area contributed by atoms with Crippen molar-refractivity contribution in [2.45, 2.75) is 76.7 Å². The van der Waals surface area contributed by atoms with Gasteiger partial charge in [-0.1, -0.05) is 49.9 Å². The highest BCUT2D eigenvalue weighted by Crippen LogP contribution is 2.32. The number of nitrogens with zero attached hydrogens (tertiary/aromatic N) is 4. The Morgan fingerprint density at radius 1 is 0.879 bits per heavy atom. The molecule has 1 saturated heterocycles. The molecule has 0 unspecified atom stereocenters. The van der Waals surface area contributed by atoms with Crippen LogP contribution in [0.2, 0.25) is 0 Å². The Bertz CT molecular complexity index is 766. The van der Waals surface area contributed by atoms with Crippen molar-refractivity contribution in [2.75, 3.05) is 44.8 Å². The van der Waals surface area contributed by atoms with Crippen LogP contribution in [0.3, 0.4) is 0 Å². The van der Waals surface area contributed by atoms with Crippen LogP contribution in [0.25, 0.3) is 10.6 Å². The molecule has 182 valence electrons. The lowest BCUT2D eigenvalue weighted by atomic mass is 9.82. The van der Waals surface area contributed by atoms with E-state index in [9.17, 15) is 0 Å². The molecule has 1 aliphatic heterocycles. The van der Waals surface area contributed by atoms with Gasteiger partial charge < -0.3 is 9.64 Å². The molecule has 1 aromatic carbocycles. The second kappa shape index (κ2) is 13.4. The molecule has 2 aliphatic rings. The van der Waals surface area contributed by atoms with Crippen LogP contribution in [0.5, 0.6) is 0 Å². The van der Waals surface area contributed by atoms with Crippen molar-refractivity contribution < 1.29 is 4.74 Å². The van der Waals surface area contributed by atoms with Crippen LogP contribution in [-0.2, 0) is 4.74 Å². The van der Waals surface area contributed by atoms with E-state index in [1.165, 1.54) is 95.0 Å². The number of piperazine rings is 1. The molecule has 1 saturated carbocycles. The highest BCUT2D eigenvalue weighted by molar-refractivity contribution is 7.12. The predicted molar refractivity (Wildman–Crippen MR) is 139 cm³/mol. The summed E-state index contributed by atoms with van der Waals surface area (Å²) in [6, 6.07) is 9.69. The zero-order chi connectivity index (χ0) is 22.7. The van der Waals surface area contributed by atoms with Crippen LogP contribution in [0.4, 0.5) is 5.69 Å². The Hall–Kier alpha value is -1.50. The summed E-state index contributed by atoms with van der Waals surface area (Å²) in [5, 5.41) is 9.13. The van der Waals surface area contributed by atoms with Crippen LogP contribution in [0, 0.1) is 5.92 Å². The minimum atomic E-state index is 0.823. The average molecular weight is 471 g/mol. The fourth-order valence-corrected chi connectivity index (χ4v) is 6.20. The van der Waals surface area contributed by atoms with Gasteiger partial charge in [0.05, 0.1) is 0 Å². The first kappa shape index (κ1) is 24.6. The Kier molecular flexibility index (Phi) is 10.00. The fraction of sp³-hybridized carbons (Fsp3) is 0.704. The number of hydrogen-bond acceptors (Lipinski definition) is 6. The van der Waals surface area contributed by atoms with Crippen LogP contribution < -0.4 is 4.90 Å². The standard InChI is InChI=1S/C27H42N4OS/c1-32-21-7-5-3-2-4-6-8-23-9-13-25(14-10-23)30-17-19-31(20-18-30)26-15-11-24(12-16-26)27-29-28-22-33-27/h11-12,15-16,22-23,25H,2-10,13-14,17-21H2,1H3. The van der Waals surface area contributed by atoms with E-state index in [0.717, 1.165) is 36.7 Å². The monoisotopic (exact) mass is 470 g/mol. The van der Waals surface area contributed by atoms with Crippen LogP contribution >= 0.6 is 11.3 Å². The molecule has 1 aliphatic carbocycles. The topological polar surface area (TPSA) is 41.5 Å². The number of anilines is 1. The molecule has 0 radical (unpaired) electrons. The lowest BCUT2D eigenvalue weighted by molar-refractivity contribution is 0.126. The molecule has 2 aromatic rings. The molecule has 0 amide bonds. The Labute approximate surface area is 204 Å². The van der Waals surface area contributed by atoms with Gasteiger partial charge in [0, 0.05) is 57.2 Å². The minimum absolute atomic E-state index is 0.823. The Morgan fingerprint density at radius 3 is 2.24 bits per heavy atom. The van der Waals surface area contributed by atoms with Crippen molar-refractivity contribution in [3.8, 4) is 10.6 Å². The zero-order valence-electron chi connectivity index (χ0n) is 20.5. The molecule has 5 nitrogen and oxygen atoms in total. The summed E-state index contributed by atoms with van der Waals surface area (Å²) in [6.45, 7) is 5.62. The Morgan fingerprint density at radius 2 is 1.58 bits per heavy atom. The zero-order valence-corrected chi connectivity index (χ0v) is 21.3. The number of aromatic nitrogens is 2. The third-order valence-electron chi connectivity index (χ3n) is 7.70. The average Bonchev–Trinajstić information content (AvgIpc) is 3.42. The van der Waals surface area contributed by atoms with Crippen molar-refractivity contribution >= 4 is 17.0 Å². The molecular weight excluding hydrogens is 428 g/mol. The molecule has 0 bridgehead atoms. The molecule has 0 spiro atoms. The quantitative estimate of drug-likeness (QED) is 0.342. The van der Waals surface area contributed by atoms with Crippen molar-refractivity contribution in [1.82, 2.24) is 15.1 Å². The second-order valence-electron chi connectivity index (χ2n) is 9.89. The predicted octanol–water partition coefficient (Wildman–Crippen LogP) is 6.26. The molecule has 33 heavy (non-hydrogen) atoms. The third kappa shape index (κ3) is 7.49. The summed E-state index contributed by atoms with van der Waals surface area (Å²) in [7, 11) is 1.80. The first-order valence-corrected chi connectivity index (χ1v) is 14.1. The molecule has 1 aromatic heterocycles. The van der Waals surface area contributed by atoms with Gasteiger partial charge in [0.25, 0.3) is 0 Å². The molecule has 2 fully saturated rings. The first-order valence-electron chi connectivity index (χ1n) is 13.2. The lowest BCUT2D eigenvalue weighted by Crippen LogP contribution is -2.51. The normalized spacial score (nSPS) is 22.0. The van der Waals surface area contributed by atoms with E-state index >= 15 is 0 Å². The van der Waals surface area contributed by atoms with E-state index in [1.807, 2.05) is 0 Å². The molecule has 0 N–H and O–H groups in total. The van der Waals surface area contributed by atoms with Gasteiger partial charge >= 0.3 is 0 Å². The number of hydrogen-bond donors (Lipinski definition) is 0. The summed E-state index contributed by atoms with van der Waals surface area (Å²) >= 11 is 1.60. The van der Waals surface area contributed by atoms with E-state index in [1.54, 1.807) is 24.0 Å². The van der Waals surface area contributed by atoms with E-state index in [2.05, 4.69) is 44.3 Å². The third-order valence-corrected chi connectivity index (χ3v) is 8.44. The van der Waals surface area contributed by atoms with Gasteiger partial charge in [-0.15, -0.1) is 10.2 Å². The van der Waals surface area contributed by atoms with Gasteiger partial charge in [-0.3, -0.25) is 4.90 Å². The largest absolute Gasteiger partial charge is 0.385 e. The SMILES string of the molecule is COCCCCCCCCC1CCC(N2CCN(c3ccc(-c4nncs4)cc3)CC2)CC1. The summed E-state index contributed by atoms with van der Waals surface area (Å²) in [4.78, 5) is 5.32. The van der Waals surface area contributed by atoms with Crippen molar-refractivity contribution in [1.29, 1.82) is 0 Å². The Balaban J connectivity index is 1.10. The molecule has 0 atom stereocenters. The van der Waals surface area contributed by atoms with E-state index < -0.39 is 0 Å². The van der Waals surface area contributed by atoms with Gasteiger partial charge in [0.15, 0.2) is 0 Å². The maximum absolute atomic E-state index is 5.13.